The lowest BCUT2D eigenvalue weighted by atomic mass is 9.99. The third kappa shape index (κ3) is 7.81. The van der Waals surface area contributed by atoms with Gasteiger partial charge in [-0.3, -0.25) is 4.79 Å². The van der Waals surface area contributed by atoms with Crippen molar-refractivity contribution in [2.45, 2.75) is 12.8 Å². The van der Waals surface area contributed by atoms with Crippen LogP contribution < -0.4 is 4.74 Å². The number of rotatable bonds is 14. The Hall–Kier alpha value is -2.16. The third-order valence-electron chi connectivity index (χ3n) is 3.31. The molecule has 0 amide bonds. The van der Waals surface area contributed by atoms with Crippen LogP contribution in [0.3, 0.4) is 0 Å². The largest absolute Gasteiger partial charge is 0.507 e. The molecule has 1 aromatic rings. The first-order valence-corrected chi connectivity index (χ1v) is 8.36. The minimum atomic E-state index is -1.16. The molecule has 26 heavy (non-hydrogen) atoms. The molecule has 1 rings (SSSR count). The number of phenolic OH excluding ortho intramolecular Hbond substituents is 1. The maximum Gasteiger partial charge on any atom is 0.320 e. The van der Waals surface area contributed by atoms with Crippen LogP contribution in [0.25, 0.3) is 0 Å². The van der Waals surface area contributed by atoms with Gasteiger partial charge in [0.15, 0.2) is 0 Å². The van der Waals surface area contributed by atoms with E-state index in [2.05, 4.69) is 0 Å². The Balaban J connectivity index is 2.38. The van der Waals surface area contributed by atoms with Gasteiger partial charge in [0, 0.05) is 18.7 Å². The molecule has 0 aromatic heterocycles. The lowest BCUT2D eigenvalue weighted by molar-refractivity contribution is -0.146. The van der Waals surface area contributed by atoms with Gasteiger partial charge in [-0.2, -0.15) is 0 Å². The van der Waals surface area contributed by atoms with Crippen LogP contribution in [0.2, 0.25) is 0 Å². The molecule has 0 heterocycles. The Morgan fingerprint density at radius 1 is 1.12 bits per heavy atom. The van der Waals surface area contributed by atoms with E-state index in [-0.39, 0.29) is 24.5 Å². The van der Waals surface area contributed by atoms with Crippen molar-refractivity contribution in [3.63, 3.8) is 0 Å². The number of hydrogen-bond donors (Lipinski definition) is 1. The normalized spacial score (nSPS) is 11.8. The van der Waals surface area contributed by atoms with E-state index in [9.17, 15) is 14.7 Å². The first kappa shape index (κ1) is 21.9. The van der Waals surface area contributed by atoms with E-state index in [1.807, 2.05) is 0 Å². The number of phenols is 1. The summed E-state index contributed by atoms with van der Waals surface area (Å²) in [6, 6.07) is 4.38. The van der Waals surface area contributed by atoms with Crippen molar-refractivity contribution < 1.29 is 38.4 Å². The fourth-order valence-electron chi connectivity index (χ4n) is 2.05. The summed E-state index contributed by atoms with van der Waals surface area (Å²) in [7, 11) is 1.61. The smallest absolute Gasteiger partial charge is 0.320 e. The highest BCUT2D eigenvalue weighted by Gasteiger charge is 2.24. The second kappa shape index (κ2) is 13.1. The van der Waals surface area contributed by atoms with Gasteiger partial charge in [0.2, 0.25) is 0 Å². The Morgan fingerprint density at radius 3 is 2.35 bits per heavy atom. The molecule has 0 radical (unpaired) electrons. The monoisotopic (exact) mass is 370 g/mol. The summed E-state index contributed by atoms with van der Waals surface area (Å²) in [6.45, 7) is 4.42. The van der Waals surface area contributed by atoms with Gasteiger partial charge in [0.25, 0.3) is 0 Å². The first-order chi connectivity index (χ1) is 12.6. The number of esters is 1. The molecule has 1 N–H and O–H groups in total. The molecule has 0 aliphatic heterocycles. The van der Waals surface area contributed by atoms with Crippen LogP contribution in [0.4, 0.5) is 0 Å². The van der Waals surface area contributed by atoms with E-state index in [0.717, 1.165) is 0 Å². The molecule has 0 aliphatic rings. The maximum absolute atomic E-state index is 11.7. The van der Waals surface area contributed by atoms with Gasteiger partial charge in [0.05, 0.1) is 39.6 Å². The van der Waals surface area contributed by atoms with E-state index in [1.165, 1.54) is 12.1 Å². The lowest BCUT2D eigenvalue weighted by Gasteiger charge is -2.13. The van der Waals surface area contributed by atoms with Gasteiger partial charge in [-0.05, 0) is 13.0 Å². The van der Waals surface area contributed by atoms with Crippen LogP contribution in [0, 0.1) is 0 Å². The summed E-state index contributed by atoms with van der Waals surface area (Å²) < 4.78 is 25.7. The lowest BCUT2D eigenvalue weighted by Crippen LogP contribution is -2.17. The van der Waals surface area contributed by atoms with Crippen LogP contribution in [0.15, 0.2) is 18.2 Å². The molecule has 0 aliphatic carbocycles. The fraction of sp³-hybridized carbons (Fsp3) is 0.556. The summed E-state index contributed by atoms with van der Waals surface area (Å²) in [5, 5.41) is 10.0. The van der Waals surface area contributed by atoms with Gasteiger partial charge in [0.1, 0.15) is 30.3 Å². The van der Waals surface area contributed by atoms with Crippen molar-refractivity contribution in [1.29, 1.82) is 0 Å². The van der Waals surface area contributed by atoms with Crippen molar-refractivity contribution in [1.82, 2.24) is 0 Å². The molecule has 0 bridgehead atoms. The standard InChI is InChI=1S/C18H26O8/c1-3-25-18(21)16(13-19)15-5-4-14(12-17(15)20)26-11-10-24-9-8-23-7-6-22-2/h4-5,12-13,16,20H,3,6-11H2,1-2H3. The van der Waals surface area contributed by atoms with E-state index in [1.54, 1.807) is 20.1 Å². The molecule has 146 valence electrons. The van der Waals surface area contributed by atoms with Gasteiger partial charge in [-0.1, -0.05) is 6.07 Å². The van der Waals surface area contributed by atoms with E-state index < -0.39 is 11.9 Å². The minimum absolute atomic E-state index is 0.155. The molecule has 1 atom stereocenters. The molecule has 0 saturated carbocycles. The predicted octanol–water partition coefficient (Wildman–Crippen LogP) is 1.30. The van der Waals surface area contributed by atoms with Gasteiger partial charge < -0.3 is 33.6 Å². The van der Waals surface area contributed by atoms with Crippen LogP contribution in [-0.2, 0) is 28.5 Å². The topological polar surface area (TPSA) is 101 Å². The summed E-state index contributed by atoms with van der Waals surface area (Å²) in [6.07, 6.45) is 0.441. The fourth-order valence-corrected chi connectivity index (χ4v) is 2.05. The van der Waals surface area contributed by atoms with Crippen molar-refractivity contribution in [2.24, 2.45) is 0 Å². The first-order valence-electron chi connectivity index (χ1n) is 8.36. The molecule has 1 aromatic carbocycles. The Morgan fingerprint density at radius 2 is 1.77 bits per heavy atom. The zero-order valence-corrected chi connectivity index (χ0v) is 15.1. The number of carbonyl (C=O) groups is 2. The number of aromatic hydroxyl groups is 1. The third-order valence-corrected chi connectivity index (χ3v) is 3.31. The van der Waals surface area contributed by atoms with Crippen LogP contribution >= 0.6 is 0 Å². The van der Waals surface area contributed by atoms with Gasteiger partial charge in [-0.25, -0.2) is 0 Å². The highest BCUT2D eigenvalue weighted by molar-refractivity contribution is 5.94. The summed E-state index contributed by atoms with van der Waals surface area (Å²) in [4.78, 5) is 22.9. The van der Waals surface area contributed by atoms with Crippen molar-refractivity contribution in [3.8, 4) is 11.5 Å². The van der Waals surface area contributed by atoms with Gasteiger partial charge in [-0.15, -0.1) is 0 Å². The zero-order valence-electron chi connectivity index (χ0n) is 15.1. The van der Waals surface area contributed by atoms with Crippen LogP contribution in [0.5, 0.6) is 11.5 Å². The SMILES string of the molecule is CCOC(=O)C(C=O)c1ccc(OCCOCCOCCOC)cc1O. The molecule has 1 unspecified atom stereocenters. The van der Waals surface area contributed by atoms with Crippen molar-refractivity contribution >= 4 is 12.3 Å². The molecule has 8 heteroatoms. The van der Waals surface area contributed by atoms with E-state index in [4.69, 9.17) is 23.7 Å². The average Bonchev–Trinajstić information content (AvgIpc) is 2.63. The quantitative estimate of drug-likeness (QED) is 0.226. The van der Waals surface area contributed by atoms with Crippen molar-refractivity contribution in [2.75, 3.05) is 53.4 Å². The maximum atomic E-state index is 11.7. The molecule has 0 saturated heterocycles. The number of ether oxygens (including phenoxy) is 5. The minimum Gasteiger partial charge on any atom is -0.507 e. The summed E-state index contributed by atoms with van der Waals surface area (Å²) in [5.74, 6) is -1.67. The Bertz CT molecular complexity index is 546. The molecule has 0 spiro atoms. The summed E-state index contributed by atoms with van der Waals surface area (Å²) >= 11 is 0. The molecule has 0 fully saturated rings. The number of methoxy groups -OCH3 is 1. The number of carbonyl (C=O) groups excluding carboxylic acids is 2. The molecular weight excluding hydrogens is 344 g/mol. The Labute approximate surface area is 152 Å². The zero-order chi connectivity index (χ0) is 19.2. The second-order valence-electron chi connectivity index (χ2n) is 5.15. The van der Waals surface area contributed by atoms with Gasteiger partial charge >= 0.3 is 5.97 Å². The average molecular weight is 370 g/mol. The van der Waals surface area contributed by atoms with E-state index in [0.29, 0.717) is 45.1 Å². The highest BCUT2D eigenvalue weighted by atomic mass is 16.6. The predicted molar refractivity (Wildman–Crippen MR) is 92.6 cm³/mol. The highest BCUT2D eigenvalue weighted by Crippen LogP contribution is 2.29. The number of aldehydes is 1. The number of benzene rings is 1. The van der Waals surface area contributed by atoms with Crippen molar-refractivity contribution in [3.05, 3.63) is 23.8 Å². The summed E-state index contributed by atoms with van der Waals surface area (Å²) in [5.41, 5.74) is 0.176. The van der Waals surface area contributed by atoms with Crippen LogP contribution in [-0.4, -0.2) is 70.7 Å². The molecule has 8 nitrogen and oxygen atoms in total. The second-order valence-corrected chi connectivity index (χ2v) is 5.15. The Kier molecular flexibility index (Phi) is 11.0. The number of hydrogen-bond acceptors (Lipinski definition) is 8. The van der Waals surface area contributed by atoms with E-state index >= 15 is 0 Å². The van der Waals surface area contributed by atoms with Crippen LogP contribution in [0.1, 0.15) is 18.4 Å². The molecular formula is C18H26O8.